The van der Waals surface area contributed by atoms with Gasteiger partial charge in [0.25, 0.3) is 0 Å². The molecule has 8 rings (SSSR count). The van der Waals surface area contributed by atoms with E-state index in [4.69, 9.17) is 19.9 Å². The highest BCUT2D eigenvalue weighted by molar-refractivity contribution is 6.04. The Hall–Kier alpha value is -5.62. The SMILES string of the molecule is Cn1c(-c2ccc(-c3cccc4c(-c5ccc(-c6nc7ccccc7n6C)nc5)cccc34)cn2)nc2ccccc21. The highest BCUT2D eigenvalue weighted by Crippen LogP contribution is 2.35. The topological polar surface area (TPSA) is 61.4 Å². The zero-order chi connectivity index (χ0) is 28.2. The summed E-state index contributed by atoms with van der Waals surface area (Å²) in [7, 11) is 4.07. The quantitative estimate of drug-likeness (QED) is 0.226. The van der Waals surface area contributed by atoms with Crippen molar-refractivity contribution < 1.29 is 0 Å². The summed E-state index contributed by atoms with van der Waals surface area (Å²) in [5.41, 5.74) is 10.2. The number of para-hydroxylation sites is 4. The first-order valence-electron chi connectivity index (χ1n) is 13.9. The smallest absolute Gasteiger partial charge is 0.159 e. The van der Waals surface area contributed by atoms with E-state index in [1.54, 1.807) is 0 Å². The van der Waals surface area contributed by atoms with E-state index in [1.807, 2.05) is 62.9 Å². The summed E-state index contributed by atoms with van der Waals surface area (Å²) in [4.78, 5) is 19.3. The van der Waals surface area contributed by atoms with E-state index in [-0.39, 0.29) is 0 Å². The van der Waals surface area contributed by atoms with Gasteiger partial charge in [-0.15, -0.1) is 0 Å². The molecule has 0 N–H and O–H groups in total. The molecule has 0 amide bonds. The standard InChI is InChI=1S/C36H26N6/c1-41-33-15-5-3-13-29(33)39-35(41)31-19-17-23(21-37-31)25-9-7-12-28-26(10-8-11-27(25)28)24-18-20-32(38-22-24)36-40-30-14-4-6-16-34(30)42(36)2/h3-22H,1-2H3. The van der Waals surface area contributed by atoms with Crippen molar-refractivity contribution in [3.05, 3.63) is 122 Å². The predicted molar refractivity (Wildman–Crippen MR) is 170 cm³/mol. The number of benzene rings is 4. The van der Waals surface area contributed by atoms with Gasteiger partial charge in [-0.25, -0.2) is 9.97 Å². The summed E-state index contributed by atoms with van der Waals surface area (Å²) in [6, 6.07) is 37.6. The lowest BCUT2D eigenvalue weighted by Gasteiger charge is -2.12. The van der Waals surface area contributed by atoms with Crippen LogP contribution in [0.25, 0.3) is 78.1 Å². The molecule has 0 aliphatic heterocycles. The normalized spacial score (nSPS) is 11.6. The summed E-state index contributed by atoms with van der Waals surface area (Å²) in [6.45, 7) is 0. The minimum atomic E-state index is 0.852. The van der Waals surface area contributed by atoms with Crippen LogP contribution < -0.4 is 0 Å². The largest absolute Gasteiger partial charge is 0.326 e. The van der Waals surface area contributed by atoms with E-state index in [1.165, 1.54) is 10.8 Å². The number of aryl methyl sites for hydroxylation is 2. The number of rotatable bonds is 4. The van der Waals surface area contributed by atoms with Crippen molar-refractivity contribution in [3.8, 4) is 45.3 Å². The summed E-state index contributed by atoms with van der Waals surface area (Å²) in [5.74, 6) is 1.72. The van der Waals surface area contributed by atoms with Gasteiger partial charge in [0.05, 0.1) is 22.1 Å². The Bertz CT molecular complexity index is 2090. The van der Waals surface area contributed by atoms with E-state index in [2.05, 4.69) is 81.9 Å². The maximum atomic E-state index is 4.83. The van der Waals surface area contributed by atoms with Crippen LogP contribution in [0.1, 0.15) is 0 Å². The fourth-order valence-electron chi connectivity index (χ4n) is 5.93. The highest BCUT2D eigenvalue weighted by Gasteiger charge is 2.14. The summed E-state index contributed by atoms with van der Waals surface area (Å²) in [5, 5.41) is 2.35. The van der Waals surface area contributed by atoms with Gasteiger partial charge in [-0.3, -0.25) is 9.97 Å². The molecule has 0 radical (unpaired) electrons. The Morgan fingerprint density at radius 2 is 0.905 bits per heavy atom. The van der Waals surface area contributed by atoms with Gasteiger partial charge in [-0.05, 0) is 58.3 Å². The Labute approximate surface area is 242 Å². The lowest BCUT2D eigenvalue weighted by atomic mass is 9.94. The van der Waals surface area contributed by atoms with Crippen LogP contribution in [0.4, 0.5) is 0 Å². The summed E-state index contributed by atoms with van der Waals surface area (Å²) in [6.07, 6.45) is 3.90. The third-order valence-electron chi connectivity index (χ3n) is 8.10. The van der Waals surface area contributed by atoms with Crippen LogP contribution in [0.2, 0.25) is 0 Å². The lowest BCUT2D eigenvalue weighted by Crippen LogP contribution is -1.95. The highest BCUT2D eigenvalue weighted by atomic mass is 15.1. The molecule has 0 bridgehead atoms. The number of fused-ring (bicyclic) bond motifs is 3. The van der Waals surface area contributed by atoms with Crippen LogP contribution in [0.3, 0.4) is 0 Å². The molecule has 8 aromatic rings. The minimum Gasteiger partial charge on any atom is -0.326 e. The first-order valence-corrected chi connectivity index (χ1v) is 13.9. The zero-order valence-corrected chi connectivity index (χ0v) is 23.2. The van der Waals surface area contributed by atoms with E-state index in [0.717, 1.165) is 67.4 Å². The van der Waals surface area contributed by atoms with E-state index in [0.29, 0.717) is 0 Å². The number of aromatic nitrogens is 6. The average Bonchev–Trinajstić information content (AvgIpc) is 3.57. The lowest BCUT2D eigenvalue weighted by molar-refractivity contribution is 0.950. The van der Waals surface area contributed by atoms with Gasteiger partial charge in [0, 0.05) is 37.6 Å². The van der Waals surface area contributed by atoms with Gasteiger partial charge in [-0.2, -0.15) is 0 Å². The molecule has 42 heavy (non-hydrogen) atoms. The Morgan fingerprint density at radius 1 is 0.452 bits per heavy atom. The molecular weight excluding hydrogens is 516 g/mol. The molecule has 4 aromatic carbocycles. The fraction of sp³-hybridized carbons (Fsp3) is 0.0556. The zero-order valence-electron chi connectivity index (χ0n) is 23.2. The van der Waals surface area contributed by atoms with Crippen molar-refractivity contribution in [3.63, 3.8) is 0 Å². The van der Waals surface area contributed by atoms with Crippen molar-refractivity contribution in [1.29, 1.82) is 0 Å². The maximum absolute atomic E-state index is 4.83. The molecule has 0 aliphatic rings. The van der Waals surface area contributed by atoms with Gasteiger partial charge >= 0.3 is 0 Å². The minimum absolute atomic E-state index is 0.852. The Balaban J connectivity index is 1.15. The third kappa shape index (κ3) is 3.80. The number of hydrogen-bond donors (Lipinski definition) is 0. The molecule has 0 spiro atoms. The third-order valence-corrected chi connectivity index (χ3v) is 8.10. The van der Waals surface area contributed by atoms with Crippen LogP contribution in [0.5, 0.6) is 0 Å². The Kier molecular flexibility index (Phi) is 5.47. The number of imidazole rings is 2. The molecule has 0 unspecified atom stereocenters. The first-order chi connectivity index (χ1) is 20.7. The number of pyridine rings is 2. The van der Waals surface area contributed by atoms with Crippen LogP contribution >= 0.6 is 0 Å². The van der Waals surface area contributed by atoms with Gasteiger partial charge < -0.3 is 9.13 Å². The molecule has 6 heteroatoms. The molecular formula is C36H26N6. The summed E-state index contributed by atoms with van der Waals surface area (Å²) >= 11 is 0. The molecule has 0 aliphatic carbocycles. The monoisotopic (exact) mass is 542 g/mol. The van der Waals surface area contributed by atoms with Crippen molar-refractivity contribution in [2.45, 2.75) is 0 Å². The number of hydrogen-bond acceptors (Lipinski definition) is 4. The molecule has 0 saturated heterocycles. The van der Waals surface area contributed by atoms with Crippen LogP contribution in [0, 0.1) is 0 Å². The van der Waals surface area contributed by atoms with Crippen molar-refractivity contribution in [2.75, 3.05) is 0 Å². The predicted octanol–water partition coefficient (Wildman–Crippen LogP) is 8.07. The second kappa shape index (κ2) is 9.49. The van der Waals surface area contributed by atoms with Gasteiger partial charge in [0.2, 0.25) is 0 Å². The van der Waals surface area contributed by atoms with E-state index < -0.39 is 0 Å². The number of nitrogens with zero attached hydrogens (tertiary/aromatic N) is 6. The van der Waals surface area contributed by atoms with Gasteiger partial charge in [0.15, 0.2) is 11.6 Å². The van der Waals surface area contributed by atoms with E-state index in [9.17, 15) is 0 Å². The molecule has 4 heterocycles. The van der Waals surface area contributed by atoms with Crippen molar-refractivity contribution in [1.82, 2.24) is 29.1 Å². The molecule has 0 fully saturated rings. The van der Waals surface area contributed by atoms with Crippen LogP contribution in [-0.2, 0) is 14.1 Å². The first kappa shape index (κ1) is 24.2. The van der Waals surface area contributed by atoms with Crippen LogP contribution in [0.15, 0.2) is 122 Å². The molecule has 0 atom stereocenters. The van der Waals surface area contributed by atoms with Crippen LogP contribution in [-0.4, -0.2) is 29.1 Å². The molecule has 200 valence electrons. The van der Waals surface area contributed by atoms with Gasteiger partial charge in [-0.1, -0.05) is 72.8 Å². The summed E-state index contributed by atoms with van der Waals surface area (Å²) < 4.78 is 4.19. The fourth-order valence-corrected chi connectivity index (χ4v) is 5.93. The van der Waals surface area contributed by atoms with Crippen molar-refractivity contribution >= 4 is 32.8 Å². The maximum Gasteiger partial charge on any atom is 0.159 e. The second-order valence-electron chi connectivity index (χ2n) is 10.5. The van der Waals surface area contributed by atoms with Crippen molar-refractivity contribution in [2.24, 2.45) is 14.1 Å². The molecule has 0 saturated carbocycles. The average molecular weight is 543 g/mol. The molecule has 4 aromatic heterocycles. The second-order valence-corrected chi connectivity index (χ2v) is 10.5. The molecule has 6 nitrogen and oxygen atoms in total. The van der Waals surface area contributed by atoms with Gasteiger partial charge in [0.1, 0.15) is 11.4 Å². The van der Waals surface area contributed by atoms with E-state index >= 15 is 0 Å². The Morgan fingerprint density at radius 3 is 1.31 bits per heavy atom.